The number of benzene rings is 2. The van der Waals surface area contributed by atoms with E-state index >= 15 is 0 Å². The highest BCUT2D eigenvalue weighted by atomic mass is 35.5. The number of rotatable bonds is 9. The maximum absolute atomic E-state index is 13.5. The van der Waals surface area contributed by atoms with Gasteiger partial charge in [0.05, 0.1) is 29.9 Å². The Balaban J connectivity index is 0.00000342. The molecule has 2 heterocycles. The number of hydrogen-bond donors (Lipinski definition) is 0. The van der Waals surface area contributed by atoms with Crippen LogP contribution in [0.5, 0.6) is 0 Å². The van der Waals surface area contributed by atoms with E-state index in [0.717, 1.165) is 55.5 Å². The molecule has 1 amide bonds. The summed E-state index contributed by atoms with van der Waals surface area (Å²) in [4.78, 5) is 24.0. The molecule has 1 aliphatic rings. The van der Waals surface area contributed by atoms with Gasteiger partial charge in [-0.3, -0.25) is 14.6 Å². The molecule has 0 bridgehead atoms. The average Bonchev–Trinajstić information content (AvgIpc) is 3.22. The van der Waals surface area contributed by atoms with Crippen LogP contribution in [-0.4, -0.2) is 60.4 Å². The van der Waals surface area contributed by atoms with Gasteiger partial charge in [0, 0.05) is 36.3 Å². The van der Waals surface area contributed by atoms with Crippen molar-refractivity contribution in [2.75, 3.05) is 44.3 Å². The monoisotopic (exact) mass is 533 g/mol. The number of thiazole rings is 1. The van der Waals surface area contributed by atoms with Gasteiger partial charge in [0.2, 0.25) is 5.91 Å². The Kier molecular flexibility index (Phi) is 10.4. The van der Waals surface area contributed by atoms with E-state index in [0.29, 0.717) is 18.2 Å². The number of aromatic nitrogens is 1. The van der Waals surface area contributed by atoms with Gasteiger partial charge in [-0.25, -0.2) is 4.98 Å². The van der Waals surface area contributed by atoms with Crippen LogP contribution in [0.2, 0.25) is 0 Å². The zero-order valence-electron chi connectivity index (χ0n) is 21.1. The molecule has 0 unspecified atom stereocenters. The summed E-state index contributed by atoms with van der Waals surface area (Å²) in [5.41, 5.74) is 4.45. The van der Waals surface area contributed by atoms with E-state index in [4.69, 9.17) is 9.72 Å². The number of nitrogens with zero attached hydrogens (tertiary/aromatic N) is 3. The van der Waals surface area contributed by atoms with E-state index in [1.165, 1.54) is 20.7 Å². The van der Waals surface area contributed by atoms with E-state index in [1.807, 2.05) is 16.7 Å². The predicted molar refractivity (Wildman–Crippen MR) is 152 cm³/mol. The predicted octanol–water partition coefficient (Wildman–Crippen LogP) is 6.13. The summed E-state index contributed by atoms with van der Waals surface area (Å²) in [6.07, 6.45) is 1.31. The summed E-state index contributed by atoms with van der Waals surface area (Å²) < 4.78 is 6.64. The second kappa shape index (κ2) is 13.1. The Morgan fingerprint density at radius 3 is 2.57 bits per heavy atom. The van der Waals surface area contributed by atoms with Crippen molar-refractivity contribution in [1.82, 2.24) is 9.88 Å². The minimum atomic E-state index is 0. The number of halogens is 1. The standard InChI is InChI=1S/C27H35N3O2S2.ClH/c1-19(2)33-23-8-6-22(7-9-23)18-25(31)30(11-5-10-29-12-14-32-15-13-29)27-28-24-17-20(3)16-21(4)26(24)34-27;/h6-9,16-17,19H,5,10-15,18H2,1-4H3;1H. The van der Waals surface area contributed by atoms with Crippen LogP contribution in [-0.2, 0) is 16.0 Å². The molecule has 1 aliphatic heterocycles. The molecule has 190 valence electrons. The van der Waals surface area contributed by atoms with E-state index < -0.39 is 0 Å². The largest absolute Gasteiger partial charge is 0.379 e. The van der Waals surface area contributed by atoms with Crippen molar-refractivity contribution in [3.63, 3.8) is 0 Å². The molecular formula is C27H36ClN3O2S2. The third kappa shape index (κ3) is 7.67. The SMILES string of the molecule is Cc1cc(C)c2sc(N(CCCN3CCOCC3)C(=O)Cc3ccc(SC(C)C)cc3)nc2c1.Cl. The summed E-state index contributed by atoms with van der Waals surface area (Å²) in [7, 11) is 0. The van der Waals surface area contributed by atoms with E-state index in [1.54, 1.807) is 11.3 Å². The zero-order valence-corrected chi connectivity index (χ0v) is 23.5. The van der Waals surface area contributed by atoms with Crippen LogP contribution in [0.4, 0.5) is 5.13 Å². The minimum absolute atomic E-state index is 0. The van der Waals surface area contributed by atoms with Gasteiger partial charge in [-0.15, -0.1) is 24.2 Å². The van der Waals surface area contributed by atoms with Crippen LogP contribution in [0.3, 0.4) is 0 Å². The number of morpholine rings is 1. The van der Waals surface area contributed by atoms with Gasteiger partial charge in [-0.1, -0.05) is 43.4 Å². The molecule has 4 rings (SSSR count). The fourth-order valence-corrected chi connectivity index (χ4v) is 6.21. The number of thioether (sulfide) groups is 1. The molecule has 35 heavy (non-hydrogen) atoms. The number of anilines is 1. The fraction of sp³-hybridized carbons (Fsp3) is 0.481. The van der Waals surface area contributed by atoms with Crippen LogP contribution in [0.1, 0.15) is 37.0 Å². The number of hydrogen-bond acceptors (Lipinski definition) is 6. The Morgan fingerprint density at radius 2 is 1.89 bits per heavy atom. The van der Waals surface area contributed by atoms with Gasteiger partial charge in [-0.05, 0) is 55.2 Å². The van der Waals surface area contributed by atoms with Crippen LogP contribution in [0.25, 0.3) is 10.2 Å². The first-order chi connectivity index (χ1) is 16.4. The van der Waals surface area contributed by atoms with Crippen molar-refractivity contribution >= 4 is 56.8 Å². The lowest BCUT2D eigenvalue weighted by Crippen LogP contribution is -2.39. The fourth-order valence-electron chi connectivity index (χ4n) is 4.31. The van der Waals surface area contributed by atoms with Crippen LogP contribution >= 0.6 is 35.5 Å². The maximum Gasteiger partial charge on any atom is 0.233 e. The van der Waals surface area contributed by atoms with Gasteiger partial charge in [0.1, 0.15) is 0 Å². The number of carbonyl (C=O) groups excluding carboxylic acids is 1. The van der Waals surface area contributed by atoms with Crippen LogP contribution < -0.4 is 4.90 Å². The Morgan fingerprint density at radius 1 is 1.17 bits per heavy atom. The summed E-state index contributed by atoms with van der Waals surface area (Å²) in [6.45, 7) is 13.8. The average molecular weight is 534 g/mol. The molecule has 0 spiro atoms. The normalized spacial score (nSPS) is 14.3. The molecule has 0 aliphatic carbocycles. The highest BCUT2D eigenvalue weighted by molar-refractivity contribution is 7.99. The topological polar surface area (TPSA) is 45.7 Å². The second-order valence-corrected chi connectivity index (χ2v) is 11.9. The van der Waals surface area contributed by atoms with Crippen molar-refractivity contribution in [3.05, 3.63) is 53.1 Å². The Bertz CT molecular complexity index is 1110. The first kappa shape index (κ1) is 27.9. The smallest absolute Gasteiger partial charge is 0.233 e. The number of aryl methyl sites for hydroxylation is 2. The molecule has 2 aromatic carbocycles. The molecule has 0 radical (unpaired) electrons. The Labute approximate surface area is 223 Å². The van der Waals surface area contributed by atoms with Gasteiger partial charge in [-0.2, -0.15) is 0 Å². The van der Waals surface area contributed by atoms with E-state index in [2.05, 4.69) is 69.0 Å². The molecule has 3 aromatic rings. The summed E-state index contributed by atoms with van der Waals surface area (Å²) in [5, 5.41) is 1.35. The van der Waals surface area contributed by atoms with E-state index in [9.17, 15) is 4.79 Å². The minimum Gasteiger partial charge on any atom is -0.379 e. The summed E-state index contributed by atoms with van der Waals surface area (Å²) >= 11 is 3.47. The van der Waals surface area contributed by atoms with Crippen LogP contribution in [0.15, 0.2) is 41.3 Å². The Hall–Kier alpha value is -1.64. The van der Waals surface area contributed by atoms with Gasteiger partial charge >= 0.3 is 0 Å². The third-order valence-electron chi connectivity index (χ3n) is 5.95. The molecule has 1 fully saturated rings. The summed E-state index contributed by atoms with van der Waals surface area (Å²) in [5.74, 6) is 0.111. The molecule has 1 saturated heterocycles. The number of carbonyl (C=O) groups is 1. The molecule has 0 saturated carbocycles. The number of fused-ring (bicyclic) bond motifs is 1. The lowest BCUT2D eigenvalue weighted by Gasteiger charge is -2.27. The molecule has 1 aromatic heterocycles. The molecule has 5 nitrogen and oxygen atoms in total. The lowest BCUT2D eigenvalue weighted by atomic mass is 10.1. The van der Waals surface area contributed by atoms with Gasteiger partial charge in [0.15, 0.2) is 5.13 Å². The van der Waals surface area contributed by atoms with E-state index in [-0.39, 0.29) is 18.3 Å². The van der Waals surface area contributed by atoms with Crippen molar-refractivity contribution in [3.8, 4) is 0 Å². The first-order valence-corrected chi connectivity index (χ1v) is 13.8. The summed E-state index contributed by atoms with van der Waals surface area (Å²) in [6, 6.07) is 12.7. The van der Waals surface area contributed by atoms with Crippen molar-refractivity contribution in [2.45, 2.75) is 50.7 Å². The number of amides is 1. The molecule has 0 N–H and O–H groups in total. The second-order valence-electron chi connectivity index (χ2n) is 9.27. The highest BCUT2D eigenvalue weighted by Gasteiger charge is 2.21. The van der Waals surface area contributed by atoms with Crippen molar-refractivity contribution in [1.29, 1.82) is 0 Å². The number of ether oxygens (including phenoxy) is 1. The zero-order chi connectivity index (χ0) is 24.1. The lowest BCUT2D eigenvalue weighted by molar-refractivity contribution is -0.118. The quantitative estimate of drug-likeness (QED) is 0.309. The maximum atomic E-state index is 13.5. The van der Waals surface area contributed by atoms with Gasteiger partial charge < -0.3 is 4.74 Å². The highest BCUT2D eigenvalue weighted by Crippen LogP contribution is 2.33. The molecule has 8 heteroatoms. The van der Waals surface area contributed by atoms with Gasteiger partial charge in [0.25, 0.3) is 0 Å². The van der Waals surface area contributed by atoms with Crippen LogP contribution in [0, 0.1) is 13.8 Å². The first-order valence-electron chi connectivity index (χ1n) is 12.1. The molecule has 0 atom stereocenters. The van der Waals surface area contributed by atoms with Crippen molar-refractivity contribution in [2.24, 2.45) is 0 Å². The van der Waals surface area contributed by atoms with Crippen molar-refractivity contribution < 1.29 is 9.53 Å². The molecular weight excluding hydrogens is 498 g/mol. The third-order valence-corrected chi connectivity index (χ3v) is 8.20.